The Morgan fingerprint density at radius 2 is 1.78 bits per heavy atom. The molecule has 0 aliphatic rings. The van der Waals surface area contributed by atoms with Gasteiger partial charge in [0.25, 0.3) is 0 Å². The number of methoxy groups -OCH3 is 1. The van der Waals surface area contributed by atoms with Gasteiger partial charge in [-0.2, -0.15) is 5.10 Å². The van der Waals surface area contributed by atoms with Crippen LogP contribution < -0.4 is 20.2 Å². The lowest BCUT2D eigenvalue weighted by atomic mass is 10.2. The van der Waals surface area contributed by atoms with Gasteiger partial charge in [-0.1, -0.05) is 23.2 Å². The standard InChI is InChI=1S/C22H16Cl2FN3O3S/c1-30-20-10-13(12-26-28-22(32)27-16-6-4-15(25)5-7-16)2-9-19(20)31-21(29)14-3-8-17(23)18(24)11-14/h2-12H,1H3,(H2,27,28,32). The Labute approximate surface area is 198 Å². The molecule has 0 atom stereocenters. The van der Waals surface area contributed by atoms with E-state index in [1.54, 1.807) is 30.3 Å². The lowest BCUT2D eigenvalue weighted by Gasteiger charge is -2.10. The third kappa shape index (κ3) is 6.40. The maximum atomic E-state index is 12.9. The second-order valence-corrected chi connectivity index (χ2v) is 7.48. The number of carbonyl (C=O) groups excluding carboxylic acids is 1. The van der Waals surface area contributed by atoms with Crippen molar-refractivity contribution in [3.05, 3.63) is 87.7 Å². The van der Waals surface area contributed by atoms with Gasteiger partial charge in [0.1, 0.15) is 5.82 Å². The van der Waals surface area contributed by atoms with Crippen LogP contribution in [-0.4, -0.2) is 24.4 Å². The van der Waals surface area contributed by atoms with Crippen LogP contribution >= 0.6 is 35.4 Å². The molecule has 0 amide bonds. The molecule has 0 saturated carbocycles. The molecule has 10 heteroatoms. The Morgan fingerprint density at radius 3 is 2.47 bits per heavy atom. The van der Waals surface area contributed by atoms with Crippen LogP contribution in [0.15, 0.2) is 65.8 Å². The molecule has 3 rings (SSSR count). The summed E-state index contributed by atoms with van der Waals surface area (Å²) in [6, 6.07) is 15.1. The molecule has 0 radical (unpaired) electrons. The summed E-state index contributed by atoms with van der Waals surface area (Å²) in [5.74, 6) is -0.397. The number of thiocarbonyl (C=S) groups is 1. The van der Waals surface area contributed by atoms with E-state index >= 15 is 0 Å². The number of rotatable bonds is 6. The molecule has 3 aromatic carbocycles. The molecule has 0 saturated heterocycles. The third-order valence-corrected chi connectivity index (χ3v) is 4.96. The normalized spacial score (nSPS) is 10.6. The second kappa shape index (κ2) is 10.9. The fourth-order valence-electron chi connectivity index (χ4n) is 2.49. The van der Waals surface area contributed by atoms with Crippen molar-refractivity contribution < 1.29 is 18.7 Å². The molecule has 0 fully saturated rings. The number of esters is 1. The fraction of sp³-hybridized carbons (Fsp3) is 0.0455. The van der Waals surface area contributed by atoms with E-state index in [2.05, 4.69) is 15.8 Å². The van der Waals surface area contributed by atoms with Crippen molar-refractivity contribution >= 4 is 58.4 Å². The number of nitrogens with one attached hydrogen (secondary N) is 2. The van der Waals surface area contributed by atoms with Gasteiger partial charge in [0.15, 0.2) is 16.6 Å². The van der Waals surface area contributed by atoms with E-state index in [1.165, 1.54) is 43.7 Å². The van der Waals surface area contributed by atoms with E-state index in [0.717, 1.165) is 0 Å². The summed E-state index contributed by atoms with van der Waals surface area (Å²) < 4.78 is 23.7. The van der Waals surface area contributed by atoms with Crippen LogP contribution in [0.4, 0.5) is 10.1 Å². The number of benzene rings is 3. The number of hydrazone groups is 1. The zero-order chi connectivity index (χ0) is 23.1. The molecule has 6 nitrogen and oxygen atoms in total. The van der Waals surface area contributed by atoms with E-state index in [9.17, 15) is 9.18 Å². The molecule has 0 unspecified atom stereocenters. The Balaban J connectivity index is 1.62. The zero-order valence-corrected chi connectivity index (χ0v) is 18.9. The molecule has 0 spiro atoms. The number of carbonyl (C=O) groups is 1. The van der Waals surface area contributed by atoms with Crippen molar-refractivity contribution in [2.24, 2.45) is 5.10 Å². The molecule has 0 aliphatic carbocycles. The minimum Gasteiger partial charge on any atom is -0.493 e. The Morgan fingerprint density at radius 1 is 1.03 bits per heavy atom. The maximum Gasteiger partial charge on any atom is 0.343 e. The zero-order valence-electron chi connectivity index (χ0n) is 16.6. The number of anilines is 1. The van der Waals surface area contributed by atoms with Crippen LogP contribution in [0, 0.1) is 5.82 Å². The highest BCUT2D eigenvalue weighted by atomic mass is 35.5. The first-order chi connectivity index (χ1) is 15.4. The van der Waals surface area contributed by atoms with Crippen LogP contribution in [0.2, 0.25) is 10.0 Å². The topological polar surface area (TPSA) is 71.9 Å². The average molecular weight is 492 g/mol. The minimum absolute atomic E-state index is 0.224. The lowest BCUT2D eigenvalue weighted by molar-refractivity contribution is 0.0729. The van der Waals surface area contributed by atoms with Crippen LogP contribution in [0.5, 0.6) is 11.5 Å². The van der Waals surface area contributed by atoms with Gasteiger partial charge in [-0.15, -0.1) is 0 Å². The van der Waals surface area contributed by atoms with Crippen molar-refractivity contribution in [2.45, 2.75) is 0 Å². The number of hydrogen-bond acceptors (Lipinski definition) is 5. The van der Waals surface area contributed by atoms with E-state index in [4.69, 9.17) is 44.9 Å². The predicted molar refractivity (Wildman–Crippen MR) is 128 cm³/mol. The summed E-state index contributed by atoms with van der Waals surface area (Å²) in [6.07, 6.45) is 1.51. The van der Waals surface area contributed by atoms with E-state index in [1.807, 2.05) is 0 Å². The quantitative estimate of drug-likeness (QED) is 0.152. The van der Waals surface area contributed by atoms with Crippen molar-refractivity contribution in [3.8, 4) is 11.5 Å². The van der Waals surface area contributed by atoms with Gasteiger partial charge >= 0.3 is 5.97 Å². The fourth-order valence-corrected chi connectivity index (χ4v) is 2.96. The number of hydrogen-bond donors (Lipinski definition) is 2. The summed E-state index contributed by atoms with van der Waals surface area (Å²) >= 11 is 17.0. The largest absolute Gasteiger partial charge is 0.493 e. The van der Waals surface area contributed by atoms with Crippen molar-refractivity contribution in [2.75, 3.05) is 12.4 Å². The highest BCUT2D eigenvalue weighted by molar-refractivity contribution is 7.80. The SMILES string of the molecule is COc1cc(C=NNC(=S)Nc2ccc(F)cc2)ccc1OC(=O)c1ccc(Cl)c(Cl)c1. The summed E-state index contributed by atoms with van der Waals surface area (Å²) in [5, 5.41) is 7.73. The van der Waals surface area contributed by atoms with E-state index < -0.39 is 5.97 Å². The second-order valence-electron chi connectivity index (χ2n) is 6.26. The Hall–Kier alpha value is -3.20. The molecular formula is C22H16Cl2FN3O3S. The predicted octanol–water partition coefficient (Wildman–Crippen LogP) is 5.68. The van der Waals surface area contributed by atoms with Gasteiger partial charge in [0.05, 0.1) is 28.9 Å². The van der Waals surface area contributed by atoms with Gasteiger partial charge in [0, 0.05) is 5.69 Å². The smallest absolute Gasteiger partial charge is 0.343 e. The molecule has 0 aromatic heterocycles. The van der Waals surface area contributed by atoms with Gasteiger partial charge in [-0.05, 0) is 78.4 Å². The highest BCUT2D eigenvalue weighted by Crippen LogP contribution is 2.29. The molecule has 0 bridgehead atoms. The molecule has 3 aromatic rings. The van der Waals surface area contributed by atoms with Crippen molar-refractivity contribution in [1.82, 2.24) is 5.43 Å². The minimum atomic E-state index is -0.609. The number of halogens is 3. The lowest BCUT2D eigenvalue weighted by Crippen LogP contribution is -2.23. The molecule has 164 valence electrons. The van der Waals surface area contributed by atoms with Crippen LogP contribution in [0.3, 0.4) is 0 Å². The van der Waals surface area contributed by atoms with Gasteiger partial charge in [-0.3, -0.25) is 5.43 Å². The molecule has 32 heavy (non-hydrogen) atoms. The molecule has 0 heterocycles. The summed E-state index contributed by atoms with van der Waals surface area (Å²) in [4.78, 5) is 12.4. The summed E-state index contributed by atoms with van der Waals surface area (Å²) in [6.45, 7) is 0. The van der Waals surface area contributed by atoms with Gasteiger partial charge in [-0.25, -0.2) is 9.18 Å². The van der Waals surface area contributed by atoms with Crippen molar-refractivity contribution in [3.63, 3.8) is 0 Å². The van der Waals surface area contributed by atoms with E-state index in [0.29, 0.717) is 22.0 Å². The number of nitrogens with zero attached hydrogens (tertiary/aromatic N) is 1. The van der Waals surface area contributed by atoms with E-state index in [-0.39, 0.29) is 27.3 Å². The van der Waals surface area contributed by atoms with Crippen LogP contribution in [0.25, 0.3) is 0 Å². The number of ether oxygens (including phenoxy) is 2. The molecule has 0 aliphatic heterocycles. The molecule has 2 N–H and O–H groups in total. The first-order valence-electron chi connectivity index (χ1n) is 9.06. The molecular weight excluding hydrogens is 476 g/mol. The third-order valence-electron chi connectivity index (χ3n) is 4.03. The average Bonchev–Trinajstić information content (AvgIpc) is 2.78. The van der Waals surface area contributed by atoms with Crippen molar-refractivity contribution in [1.29, 1.82) is 0 Å². The maximum absolute atomic E-state index is 12.9. The van der Waals surface area contributed by atoms with Gasteiger partial charge < -0.3 is 14.8 Å². The summed E-state index contributed by atoms with van der Waals surface area (Å²) in [7, 11) is 1.45. The van der Waals surface area contributed by atoms with Crippen LogP contribution in [0.1, 0.15) is 15.9 Å². The summed E-state index contributed by atoms with van der Waals surface area (Å²) in [5.41, 5.74) is 4.18. The van der Waals surface area contributed by atoms with Gasteiger partial charge in [0.2, 0.25) is 0 Å². The first-order valence-corrected chi connectivity index (χ1v) is 10.2. The highest BCUT2D eigenvalue weighted by Gasteiger charge is 2.14. The monoisotopic (exact) mass is 491 g/mol. The van der Waals surface area contributed by atoms with Crippen LogP contribution in [-0.2, 0) is 0 Å². The first kappa shape index (κ1) is 23.5. The Kier molecular flexibility index (Phi) is 7.99. The Bertz CT molecular complexity index is 1170.